The summed E-state index contributed by atoms with van der Waals surface area (Å²) in [6, 6.07) is 36.4. The predicted octanol–water partition coefficient (Wildman–Crippen LogP) is 7.33. The van der Waals surface area contributed by atoms with Crippen molar-refractivity contribution in [2.24, 2.45) is 0 Å². The first kappa shape index (κ1) is 31.7. The summed E-state index contributed by atoms with van der Waals surface area (Å²) < 4.78 is 0. The number of fused-ring (bicyclic) bond motifs is 1. The fourth-order valence-electron chi connectivity index (χ4n) is 4.63. The van der Waals surface area contributed by atoms with E-state index in [9.17, 15) is 19.2 Å². The second kappa shape index (κ2) is 14.9. The standard InChI is InChI=1S/C37H32N4O4S/c1-24(35(43)39-30-17-15-29(16-18-30)38-25(2)42)46-32-21-19-31(20-22-32)40-37(45)34(41-36(44)27-10-4-3-5-11-27)23-28-13-8-12-26-9-6-7-14-33(26)28/h3-24H,1-2H3,(H,38,42)(H,39,43)(H,40,45)(H,41,44)/b34-23-. The molecule has 8 nitrogen and oxygen atoms in total. The zero-order valence-electron chi connectivity index (χ0n) is 25.2. The highest BCUT2D eigenvalue weighted by Crippen LogP contribution is 2.27. The molecule has 9 heteroatoms. The molecule has 5 rings (SSSR count). The SMILES string of the molecule is CC(=O)Nc1ccc(NC(=O)C(C)Sc2ccc(NC(=O)/C(=C/c3cccc4ccccc34)NC(=O)c3ccccc3)cc2)cc1. The molecular weight excluding hydrogens is 596 g/mol. The minimum atomic E-state index is -0.477. The van der Waals surface area contributed by atoms with Gasteiger partial charge in [0.05, 0.1) is 5.25 Å². The molecule has 5 aromatic carbocycles. The summed E-state index contributed by atoms with van der Waals surface area (Å²) in [4.78, 5) is 51.4. The number of thioether (sulfide) groups is 1. The van der Waals surface area contributed by atoms with Gasteiger partial charge in [-0.2, -0.15) is 0 Å². The van der Waals surface area contributed by atoms with Crippen LogP contribution in [0.1, 0.15) is 29.8 Å². The van der Waals surface area contributed by atoms with Crippen LogP contribution in [0.4, 0.5) is 17.1 Å². The Morgan fingerprint density at radius 2 is 1.24 bits per heavy atom. The normalized spacial score (nSPS) is 11.7. The van der Waals surface area contributed by atoms with E-state index in [0.717, 1.165) is 21.2 Å². The molecule has 0 spiro atoms. The Hall–Kier alpha value is -5.67. The van der Waals surface area contributed by atoms with Gasteiger partial charge in [0.15, 0.2) is 0 Å². The lowest BCUT2D eigenvalue weighted by atomic mass is 10.0. The van der Waals surface area contributed by atoms with Crippen LogP contribution >= 0.6 is 11.8 Å². The van der Waals surface area contributed by atoms with Crippen LogP contribution in [-0.4, -0.2) is 28.9 Å². The number of carbonyl (C=O) groups excluding carboxylic acids is 4. The number of rotatable bonds is 10. The van der Waals surface area contributed by atoms with Crippen molar-refractivity contribution in [1.29, 1.82) is 0 Å². The Kier molecular flexibility index (Phi) is 10.3. The highest BCUT2D eigenvalue weighted by atomic mass is 32.2. The molecule has 5 aromatic rings. The minimum Gasteiger partial charge on any atom is -0.326 e. The molecule has 0 fully saturated rings. The van der Waals surface area contributed by atoms with E-state index in [-0.39, 0.29) is 17.5 Å². The maximum atomic E-state index is 13.5. The van der Waals surface area contributed by atoms with Crippen molar-refractivity contribution in [3.8, 4) is 0 Å². The quantitative estimate of drug-likeness (QED) is 0.0955. The van der Waals surface area contributed by atoms with E-state index in [2.05, 4.69) is 21.3 Å². The number of hydrogen-bond donors (Lipinski definition) is 4. The Bertz CT molecular complexity index is 1900. The lowest BCUT2D eigenvalue weighted by molar-refractivity contribution is -0.115. The fourth-order valence-corrected chi connectivity index (χ4v) is 5.50. The zero-order valence-corrected chi connectivity index (χ0v) is 26.1. The van der Waals surface area contributed by atoms with E-state index in [1.165, 1.54) is 18.7 Å². The Labute approximate surface area is 271 Å². The van der Waals surface area contributed by atoms with E-state index in [1.807, 2.05) is 60.7 Å². The van der Waals surface area contributed by atoms with Crippen molar-refractivity contribution in [3.63, 3.8) is 0 Å². The lowest BCUT2D eigenvalue weighted by Crippen LogP contribution is -2.30. The molecule has 0 aromatic heterocycles. The number of carbonyl (C=O) groups is 4. The third-order valence-electron chi connectivity index (χ3n) is 6.92. The molecule has 0 saturated carbocycles. The van der Waals surface area contributed by atoms with Crippen molar-refractivity contribution in [3.05, 3.63) is 138 Å². The molecule has 230 valence electrons. The van der Waals surface area contributed by atoms with Crippen LogP contribution in [0.3, 0.4) is 0 Å². The number of hydrogen-bond acceptors (Lipinski definition) is 5. The van der Waals surface area contributed by atoms with Crippen LogP contribution in [0.2, 0.25) is 0 Å². The first-order valence-corrected chi connectivity index (χ1v) is 15.5. The molecular formula is C37H32N4O4S. The van der Waals surface area contributed by atoms with Crippen LogP contribution in [-0.2, 0) is 14.4 Å². The number of benzene rings is 5. The Morgan fingerprint density at radius 3 is 1.93 bits per heavy atom. The van der Waals surface area contributed by atoms with Gasteiger partial charge in [-0.3, -0.25) is 19.2 Å². The Balaban J connectivity index is 1.27. The second-order valence-electron chi connectivity index (χ2n) is 10.4. The van der Waals surface area contributed by atoms with Crippen molar-refractivity contribution < 1.29 is 19.2 Å². The number of nitrogens with one attached hydrogen (secondary N) is 4. The molecule has 0 saturated heterocycles. The summed E-state index contributed by atoms with van der Waals surface area (Å²) in [5.74, 6) is -1.22. The van der Waals surface area contributed by atoms with E-state index in [4.69, 9.17) is 0 Å². The Morgan fingerprint density at radius 1 is 0.652 bits per heavy atom. The molecule has 46 heavy (non-hydrogen) atoms. The van der Waals surface area contributed by atoms with Crippen molar-refractivity contribution in [2.75, 3.05) is 16.0 Å². The molecule has 4 amide bonds. The molecule has 4 N–H and O–H groups in total. The molecule has 1 unspecified atom stereocenters. The van der Waals surface area contributed by atoms with Crippen molar-refractivity contribution in [2.45, 2.75) is 24.0 Å². The van der Waals surface area contributed by atoms with Crippen LogP contribution in [0.15, 0.2) is 132 Å². The first-order valence-electron chi connectivity index (χ1n) is 14.6. The van der Waals surface area contributed by atoms with Crippen molar-refractivity contribution >= 4 is 69.3 Å². The zero-order chi connectivity index (χ0) is 32.5. The topological polar surface area (TPSA) is 116 Å². The van der Waals surface area contributed by atoms with Crippen LogP contribution in [0.25, 0.3) is 16.8 Å². The van der Waals surface area contributed by atoms with Crippen LogP contribution < -0.4 is 21.3 Å². The number of anilines is 3. The third-order valence-corrected chi connectivity index (χ3v) is 8.03. The van der Waals surface area contributed by atoms with Gasteiger partial charge in [-0.15, -0.1) is 11.8 Å². The van der Waals surface area contributed by atoms with Gasteiger partial charge in [0.1, 0.15) is 5.70 Å². The summed E-state index contributed by atoms with van der Waals surface area (Å²) in [5.41, 5.74) is 3.12. The highest BCUT2D eigenvalue weighted by Gasteiger charge is 2.17. The van der Waals surface area contributed by atoms with Gasteiger partial charge in [0.2, 0.25) is 11.8 Å². The monoisotopic (exact) mass is 628 g/mol. The fraction of sp³-hybridized carbons (Fsp3) is 0.0811. The molecule has 1 atom stereocenters. The van der Waals surface area contributed by atoms with Gasteiger partial charge in [-0.1, -0.05) is 60.7 Å². The number of amides is 4. The van der Waals surface area contributed by atoms with Gasteiger partial charge < -0.3 is 21.3 Å². The van der Waals surface area contributed by atoms with Crippen molar-refractivity contribution in [1.82, 2.24) is 5.32 Å². The summed E-state index contributed by atoms with van der Waals surface area (Å²) in [5, 5.41) is 12.8. The van der Waals surface area contributed by atoms with Gasteiger partial charge in [0, 0.05) is 34.4 Å². The summed E-state index contributed by atoms with van der Waals surface area (Å²) in [6.07, 6.45) is 1.68. The molecule has 0 bridgehead atoms. The van der Waals surface area contributed by atoms with Gasteiger partial charge in [0.25, 0.3) is 11.8 Å². The van der Waals surface area contributed by atoms with Gasteiger partial charge >= 0.3 is 0 Å². The maximum absolute atomic E-state index is 13.5. The van der Waals surface area contributed by atoms with Crippen LogP contribution in [0, 0.1) is 0 Å². The second-order valence-corrected chi connectivity index (χ2v) is 11.8. The average Bonchev–Trinajstić information content (AvgIpc) is 3.06. The smallest absolute Gasteiger partial charge is 0.272 e. The van der Waals surface area contributed by atoms with E-state index >= 15 is 0 Å². The molecule has 0 aliphatic carbocycles. The molecule has 0 heterocycles. The van der Waals surface area contributed by atoms with E-state index < -0.39 is 17.1 Å². The van der Waals surface area contributed by atoms with E-state index in [1.54, 1.807) is 73.7 Å². The highest BCUT2D eigenvalue weighted by molar-refractivity contribution is 8.00. The maximum Gasteiger partial charge on any atom is 0.272 e. The van der Waals surface area contributed by atoms with Crippen LogP contribution in [0.5, 0.6) is 0 Å². The first-order chi connectivity index (χ1) is 22.2. The lowest BCUT2D eigenvalue weighted by Gasteiger charge is -2.14. The summed E-state index contributed by atoms with van der Waals surface area (Å²) in [6.45, 7) is 3.24. The molecule has 0 aliphatic rings. The summed E-state index contributed by atoms with van der Waals surface area (Å²) in [7, 11) is 0. The average molecular weight is 629 g/mol. The summed E-state index contributed by atoms with van der Waals surface area (Å²) >= 11 is 1.38. The van der Waals surface area contributed by atoms with Gasteiger partial charge in [-0.25, -0.2) is 0 Å². The van der Waals surface area contributed by atoms with E-state index in [0.29, 0.717) is 22.6 Å². The molecule has 0 aliphatic heterocycles. The minimum absolute atomic E-state index is 0.0964. The third kappa shape index (κ3) is 8.49. The predicted molar refractivity (Wildman–Crippen MR) is 186 cm³/mol. The molecule has 0 radical (unpaired) electrons. The van der Waals surface area contributed by atoms with Gasteiger partial charge in [-0.05, 0) is 90.0 Å². The largest absolute Gasteiger partial charge is 0.326 e.